The number of carbonyl (C=O) groups is 1. The number of H-pyrrole nitrogens is 1. The van der Waals surface area contributed by atoms with Gasteiger partial charge in [0, 0.05) is 23.5 Å². The van der Waals surface area contributed by atoms with E-state index in [2.05, 4.69) is 4.98 Å². The standard InChI is InChI=1S/C19H20N2O3/c1-23-19(22)15(20)10-14-11-21-16-8-5-9-17(18(14)16)24-12-13-6-3-2-4-7-13/h2-9,11,15,21H,10,12,20H2,1H3. The second-order valence-electron chi connectivity index (χ2n) is 5.60. The van der Waals surface area contributed by atoms with Crippen LogP contribution in [-0.4, -0.2) is 24.1 Å². The third kappa shape index (κ3) is 3.41. The van der Waals surface area contributed by atoms with Crippen molar-refractivity contribution in [2.45, 2.75) is 19.1 Å². The first-order chi connectivity index (χ1) is 11.7. The molecule has 0 amide bonds. The van der Waals surface area contributed by atoms with Crippen LogP contribution in [-0.2, 0) is 22.6 Å². The topological polar surface area (TPSA) is 77.3 Å². The predicted octanol–water partition coefficient (Wildman–Crippen LogP) is 2.79. The van der Waals surface area contributed by atoms with Gasteiger partial charge in [-0.1, -0.05) is 36.4 Å². The monoisotopic (exact) mass is 324 g/mol. The average molecular weight is 324 g/mol. The summed E-state index contributed by atoms with van der Waals surface area (Å²) < 4.78 is 10.7. The normalized spacial score (nSPS) is 12.1. The van der Waals surface area contributed by atoms with Crippen LogP contribution in [0.1, 0.15) is 11.1 Å². The third-order valence-electron chi connectivity index (χ3n) is 3.93. The Hall–Kier alpha value is -2.79. The number of nitrogens with one attached hydrogen (secondary N) is 1. The van der Waals surface area contributed by atoms with Crippen LogP contribution in [0.25, 0.3) is 10.9 Å². The van der Waals surface area contributed by atoms with Crippen LogP contribution in [0.15, 0.2) is 54.7 Å². The molecule has 124 valence electrons. The minimum absolute atomic E-state index is 0.387. The summed E-state index contributed by atoms with van der Waals surface area (Å²) in [5, 5.41) is 0.952. The van der Waals surface area contributed by atoms with E-state index in [4.69, 9.17) is 15.2 Å². The maximum Gasteiger partial charge on any atom is 0.322 e. The number of hydrogen-bond acceptors (Lipinski definition) is 4. The SMILES string of the molecule is COC(=O)C(N)Cc1c[nH]c2cccc(OCc3ccccc3)c12. The molecule has 0 radical (unpaired) electrons. The van der Waals surface area contributed by atoms with Crippen molar-refractivity contribution in [2.75, 3.05) is 7.11 Å². The van der Waals surface area contributed by atoms with E-state index in [1.165, 1.54) is 7.11 Å². The Morgan fingerprint density at radius 3 is 2.71 bits per heavy atom. The van der Waals surface area contributed by atoms with Gasteiger partial charge < -0.3 is 20.2 Å². The molecule has 0 aliphatic heterocycles. The molecule has 3 rings (SSSR count). The van der Waals surface area contributed by atoms with Crippen molar-refractivity contribution in [1.82, 2.24) is 4.98 Å². The first-order valence-corrected chi connectivity index (χ1v) is 7.78. The molecule has 5 nitrogen and oxygen atoms in total. The highest BCUT2D eigenvalue weighted by Crippen LogP contribution is 2.30. The molecule has 2 aromatic carbocycles. The Balaban J connectivity index is 1.85. The zero-order valence-corrected chi connectivity index (χ0v) is 13.5. The van der Waals surface area contributed by atoms with Gasteiger partial charge >= 0.3 is 5.97 Å². The van der Waals surface area contributed by atoms with E-state index in [-0.39, 0.29) is 0 Å². The maximum absolute atomic E-state index is 11.6. The summed E-state index contributed by atoms with van der Waals surface area (Å²) in [5.41, 5.74) is 8.88. The second kappa shape index (κ2) is 7.19. The summed E-state index contributed by atoms with van der Waals surface area (Å²) in [7, 11) is 1.34. The minimum Gasteiger partial charge on any atom is -0.488 e. The molecule has 3 N–H and O–H groups in total. The van der Waals surface area contributed by atoms with Crippen molar-refractivity contribution >= 4 is 16.9 Å². The summed E-state index contributed by atoms with van der Waals surface area (Å²) in [5.74, 6) is 0.344. The van der Waals surface area contributed by atoms with Gasteiger partial charge in [-0.2, -0.15) is 0 Å². The summed E-state index contributed by atoms with van der Waals surface area (Å²) >= 11 is 0. The summed E-state index contributed by atoms with van der Waals surface area (Å²) in [6.07, 6.45) is 2.25. The lowest BCUT2D eigenvalue weighted by Crippen LogP contribution is -2.33. The molecule has 5 heteroatoms. The fourth-order valence-electron chi connectivity index (χ4n) is 2.71. The van der Waals surface area contributed by atoms with E-state index < -0.39 is 12.0 Å². The van der Waals surface area contributed by atoms with Crippen LogP contribution in [0.3, 0.4) is 0 Å². The van der Waals surface area contributed by atoms with Gasteiger partial charge in [-0.05, 0) is 23.3 Å². The van der Waals surface area contributed by atoms with Gasteiger partial charge in [0.25, 0.3) is 0 Å². The molecule has 0 saturated carbocycles. The quantitative estimate of drug-likeness (QED) is 0.684. The third-order valence-corrected chi connectivity index (χ3v) is 3.93. The lowest BCUT2D eigenvalue weighted by atomic mass is 10.0. The lowest BCUT2D eigenvalue weighted by Gasteiger charge is -2.11. The highest BCUT2D eigenvalue weighted by molar-refractivity contribution is 5.90. The van der Waals surface area contributed by atoms with Gasteiger partial charge in [-0.15, -0.1) is 0 Å². The molecule has 24 heavy (non-hydrogen) atoms. The second-order valence-corrected chi connectivity index (χ2v) is 5.60. The van der Waals surface area contributed by atoms with Crippen molar-refractivity contribution in [1.29, 1.82) is 0 Å². The number of fused-ring (bicyclic) bond motifs is 1. The number of benzene rings is 2. The van der Waals surface area contributed by atoms with E-state index in [1.807, 2.05) is 54.7 Å². The number of hydrogen-bond donors (Lipinski definition) is 2. The maximum atomic E-state index is 11.6. The number of rotatable bonds is 6. The first kappa shape index (κ1) is 16.1. The van der Waals surface area contributed by atoms with E-state index >= 15 is 0 Å². The van der Waals surface area contributed by atoms with E-state index in [1.54, 1.807) is 0 Å². The van der Waals surface area contributed by atoms with Crippen molar-refractivity contribution in [3.63, 3.8) is 0 Å². The summed E-state index contributed by atoms with van der Waals surface area (Å²) in [4.78, 5) is 14.8. The van der Waals surface area contributed by atoms with Crippen molar-refractivity contribution in [3.05, 3.63) is 65.9 Å². The van der Waals surface area contributed by atoms with Gasteiger partial charge in [0.2, 0.25) is 0 Å². The first-order valence-electron chi connectivity index (χ1n) is 7.78. The zero-order valence-electron chi connectivity index (χ0n) is 13.5. The van der Waals surface area contributed by atoms with Crippen molar-refractivity contribution in [2.24, 2.45) is 5.73 Å². The number of aromatic nitrogens is 1. The molecule has 0 saturated heterocycles. The van der Waals surface area contributed by atoms with Crippen LogP contribution in [0.2, 0.25) is 0 Å². The molecule has 0 aliphatic carbocycles. The van der Waals surface area contributed by atoms with Crippen LogP contribution in [0.4, 0.5) is 0 Å². The Morgan fingerprint density at radius 2 is 1.96 bits per heavy atom. The number of nitrogens with two attached hydrogens (primary N) is 1. The van der Waals surface area contributed by atoms with Crippen molar-refractivity contribution < 1.29 is 14.3 Å². The van der Waals surface area contributed by atoms with E-state index in [9.17, 15) is 4.79 Å². The average Bonchev–Trinajstić information content (AvgIpc) is 3.03. The molecule has 3 aromatic rings. The Kier molecular flexibility index (Phi) is 4.82. The Labute approximate surface area is 140 Å². The van der Waals surface area contributed by atoms with Gasteiger partial charge in [0.15, 0.2) is 0 Å². The number of carbonyl (C=O) groups excluding carboxylic acids is 1. The summed E-state index contributed by atoms with van der Waals surface area (Å²) in [6, 6.07) is 15.1. The number of methoxy groups -OCH3 is 1. The van der Waals surface area contributed by atoms with Crippen LogP contribution >= 0.6 is 0 Å². The number of aromatic amines is 1. The molecule has 1 aromatic heterocycles. The van der Waals surface area contributed by atoms with Gasteiger partial charge in [-0.3, -0.25) is 4.79 Å². The van der Waals surface area contributed by atoms with Crippen LogP contribution in [0, 0.1) is 0 Å². The zero-order chi connectivity index (χ0) is 16.9. The van der Waals surface area contributed by atoms with Gasteiger partial charge in [0.1, 0.15) is 18.4 Å². The van der Waals surface area contributed by atoms with Gasteiger partial charge in [-0.25, -0.2) is 0 Å². The van der Waals surface area contributed by atoms with Crippen LogP contribution < -0.4 is 10.5 Å². The lowest BCUT2D eigenvalue weighted by molar-refractivity contribution is -0.142. The minimum atomic E-state index is -0.698. The summed E-state index contributed by atoms with van der Waals surface area (Å²) in [6.45, 7) is 0.480. The predicted molar refractivity (Wildman–Crippen MR) is 92.8 cm³/mol. The van der Waals surface area contributed by atoms with Crippen molar-refractivity contribution in [3.8, 4) is 5.75 Å². The molecule has 1 unspecified atom stereocenters. The fourth-order valence-corrected chi connectivity index (χ4v) is 2.71. The smallest absolute Gasteiger partial charge is 0.322 e. The Morgan fingerprint density at radius 1 is 1.17 bits per heavy atom. The molecule has 1 atom stereocenters. The Bertz CT molecular complexity index is 827. The highest BCUT2D eigenvalue weighted by atomic mass is 16.5. The molecular formula is C19H20N2O3. The molecule has 0 aliphatic rings. The molecule has 1 heterocycles. The number of ether oxygens (including phenoxy) is 2. The van der Waals surface area contributed by atoms with E-state index in [0.717, 1.165) is 27.8 Å². The number of esters is 1. The van der Waals surface area contributed by atoms with E-state index in [0.29, 0.717) is 13.0 Å². The molecule has 0 spiro atoms. The molecular weight excluding hydrogens is 304 g/mol. The van der Waals surface area contributed by atoms with Crippen LogP contribution in [0.5, 0.6) is 5.75 Å². The largest absolute Gasteiger partial charge is 0.488 e. The highest BCUT2D eigenvalue weighted by Gasteiger charge is 2.18. The fraction of sp³-hybridized carbons (Fsp3) is 0.211. The van der Waals surface area contributed by atoms with Gasteiger partial charge in [0.05, 0.1) is 7.11 Å². The molecule has 0 fully saturated rings. The molecule has 0 bridgehead atoms.